The maximum Gasteiger partial charge on any atom is 0.267 e. The lowest BCUT2D eigenvalue weighted by Crippen LogP contribution is -2.27. The van der Waals surface area contributed by atoms with E-state index in [-0.39, 0.29) is 11.5 Å². The van der Waals surface area contributed by atoms with Gasteiger partial charge in [-0.25, -0.2) is 4.98 Å². The number of hydrogen-bond acceptors (Lipinski definition) is 8. The van der Waals surface area contributed by atoms with Crippen LogP contribution in [0.3, 0.4) is 0 Å². The number of pyridine rings is 1. The molecule has 10 heteroatoms. The molecule has 2 aromatic heterocycles. The van der Waals surface area contributed by atoms with Crippen LogP contribution in [-0.4, -0.2) is 51.9 Å². The summed E-state index contributed by atoms with van der Waals surface area (Å²) in [6, 6.07) is 12.8. The molecule has 0 spiro atoms. The monoisotopic (exact) mass is 482 g/mol. The summed E-state index contributed by atoms with van der Waals surface area (Å²) in [6.45, 7) is 1.24. The minimum Gasteiger partial charge on any atom is -0.497 e. The highest BCUT2D eigenvalue weighted by atomic mass is 32.2. The first-order valence-electron chi connectivity index (χ1n) is 10.1. The number of aromatic nitrogens is 2. The zero-order valence-corrected chi connectivity index (χ0v) is 19.7. The Morgan fingerprint density at radius 3 is 2.67 bits per heavy atom. The van der Waals surface area contributed by atoms with Crippen molar-refractivity contribution in [2.24, 2.45) is 0 Å². The zero-order valence-electron chi connectivity index (χ0n) is 18.1. The minimum absolute atomic E-state index is 0.249. The number of hydrogen-bond donors (Lipinski definition) is 1. The summed E-state index contributed by atoms with van der Waals surface area (Å²) in [5.41, 5.74) is 1.44. The molecule has 0 bridgehead atoms. The number of nitrogens with zero attached hydrogens (tertiary/aromatic N) is 3. The predicted octanol–water partition coefficient (Wildman–Crippen LogP) is 3.16. The van der Waals surface area contributed by atoms with Gasteiger partial charge in [-0.05, 0) is 35.9 Å². The van der Waals surface area contributed by atoms with E-state index < -0.39 is 0 Å². The quantitative estimate of drug-likeness (QED) is 0.298. The SMILES string of the molecule is COCCNc1nc2ccccn2c(=O)c1/C=C1/SC(=S)N(Cc2ccc(OC)cc2)C1=O. The van der Waals surface area contributed by atoms with Crippen molar-refractivity contribution in [3.05, 3.63) is 75.0 Å². The molecule has 4 rings (SSSR count). The second kappa shape index (κ2) is 10.2. The molecule has 3 heterocycles. The largest absolute Gasteiger partial charge is 0.497 e. The molecule has 1 N–H and O–H groups in total. The average Bonchev–Trinajstić information content (AvgIpc) is 3.09. The van der Waals surface area contributed by atoms with Crippen molar-refractivity contribution in [1.29, 1.82) is 0 Å². The summed E-state index contributed by atoms with van der Waals surface area (Å²) >= 11 is 6.63. The van der Waals surface area contributed by atoms with Crippen LogP contribution < -0.4 is 15.6 Å². The number of thioether (sulfide) groups is 1. The van der Waals surface area contributed by atoms with E-state index in [0.29, 0.717) is 46.0 Å². The Labute approximate surface area is 200 Å². The van der Waals surface area contributed by atoms with Crippen LogP contribution in [0.4, 0.5) is 5.82 Å². The van der Waals surface area contributed by atoms with Crippen LogP contribution in [0.1, 0.15) is 11.1 Å². The number of thiocarbonyl (C=S) groups is 1. The van der Waals surface area contributed by atoms with Gasteiger partial charge in [0, 0.05) is 19.9 Å². The Balaban J connectivity index is 1.67. The number of benzene rings is 1. The molecule has 0 saturated carbocycles. The molecule has 0 unspecified atom stereocenters. The highest BCUT2D eigenvalue weighted by molar-refractivity contribution is 8.26. The third-order valence-corrected chi connectivity index (χ3v) is 6.39. The number of carbonyl (C=O) groups excluding carboxylic acids is 1. The first-order valence-corrected chi connectivity index (χ1v) is 11.4. The van der Waals surface area contributed by atoms with E-state index in [0.717, 1.165) is 11.3 Å². The molecule has 0 radical (unpaired) electrons. The van der Waals surface area contributed by atoms with Gasteiger partial charge in [0.05, 0.1) is 30.7 Å². The molecular weight excluding hydrogens is 460 g/mol. The van der Waals surface area contributed by atoms with Crippen molar-refractivity contribution in [2.45, 2.75) is 6.54 Å². The van der Waals surface area contributed by atoms with Gasteiger partial charge in [0.25, 0.3) is 11.5 Å². The first-order chi connectivity index (χ1) is 16.0. The lowest BCUT2D eigenvalue weighted by atomic mass is 10.2. The van der Waals surface area contributed by atoms with Crippen LogP contribution in [0, 0.1) is 0 Å². The van der Waals surface area contributed by atoms with Gasteiger partial charge in [0.2, 0.25) is 0 Å². The highest BCUT2D eigenvalue weighted by Crippen LogP contribution is 2.34. The van der Waals surface area contributed by atoms with Gasteiger partial charge in [0.1, 0.15) is 21.5 Å². The van der Waals surface area contributed by atoms with Crippen molar-refractivity contribution < 1.29 is 14.3 Å². The number of methoxy groups -OCH3 is 2. The van der Waals surface area contributed by atoms with E-state index in [9.17, 15) is 9.59 Å². The Morgan fingerprint density at radius 1 is 1.15 bits per heavy atom. The van der Waals surface area contributed by atoms with Gasteiger partial charge in [-0.15, -0.1) is 0 Å². The van der Waals surface area contributed by atoms with Gasteiger partial charge < -0.3 is 14.8 Å². The van der Waals surface area contributed by atoms with Crippen molar-refractivity contribution in [3.8, 4) is 5.75 Å². The van der Waals surface area contributed by atoms with E-state index >= 15 is 0 Å². The average molecular weight is 483 g/mol. The minimum atomic E-state index is -0.277. The number of nitrogens with one attached hydrogen (secondary N) is 1. The molecule has 1 aliphatic heterocycles. The van der Waals surface area contributed by atoms with Crippen LogP contribution in [-0.2, 0) is 16.1 Å². The summed E-state index contributed by atoms with van der Waals surface area (Å²) in [5, 5.41) is 3.14. The van der Waals surface area contributed by atoms with E-state index in [1.807, 2.05) is 30.3 Å². The first kappa shape index (κ1) is 23.0. The van der Waals surface area contributed by atoms with Crippen LogP contribution in [0.2, 0.25) is 0 Å². The van der Waals surface area contributed by atoms with Gasteiger partial charge in [-0.3, -0.25) is 18.9 Å². The summed E-state index contributed by atoms with van der Waals surface area (Å²) in [7, 11) is 3.20. The van der Waals surface area contributed by atoms with Gasteiger partial charge >= 0.3 is 0 Å². The number of ether oxygens (including phenoxy) is 2. The molecule has 1 amide bonds. The number of fused-ring (bicyclic) bond motifs is 1. The number of amides is 1. The smallest absolute Gasteiger partial charge is 0.267 e. The molecule has 0 aliphatic carbocycles. The number of rotatable bonds is 8. The third kappa shape index (κ3) is 4.92. The second-order valence-electron chi connectivity index (χ2n) is 7.14. The fourth-order valence-electron chi connectivity index (χ4n) is 3.32. The molecule has 3 aromatic rings. The standard InChI is InChI=1S/C23H22N4O4S2/c1-30-12-10-24-20-17(21(28)26-11-4-3-5-19(26)25-20)13-18-22(29)27(23(32)33-18)14-15-6-8-16(31-2)9-7-15/h3-9,11,13,24H,10,12,14H2,1-2H3/b18-13+. The summed E-state index contributed by atoms with van der Waals surface area (Å²) < 4.78 is 12.2. The molecule has 33 heavy (non-hydrogen) atoms. The molecule has 170 valence electrons. The van der Waals surface area contributed by atoms with Gasteiger partial charge in [-0.1, -0.05) is 42.2 Å². The molecule has 0 atom stereocenters. The Hall–Kier alpha value is -3.21. The summed E-state index contributed by atoms with van der Waals surface area (Å²) in [6.07, 6.45) is 3.22. The lowest BCUT2D eigenvalue weighted by molar-refractivity contribution is -0.122. The van der Waals surface area contributed by atoms with Crippen LogP contribution >= 0.6 is 24.0 Å². The Bertz CT molecular complexity index is 1290. The molecule has 1 aliphatic rings. The van der Waals surface area contributed by atoms with E-state index in [4.69, 9.17) is 21.7 Å². The van der Waals surface area contributed by atoms with E-state index in [1.165, 1.54) is 21.1 Å². The number of anilines is 1. The molecule has 1 aromatic carbocycles. The second-order valence-corrected chi connectivity index (χ2v) is 8.82. The molecular formula is C23H22N4O4S2. The fraction of sp³-hybridized carbons (Fsp3) is 0.217. The fourth-order valence-corrected chi connectivity index (χ4v) is 4.56. The van der Waals surface area contributed by atoms with Crippen LogP contribution in [0.5, 0.6) is 5.75 Å². The maximum absolute atomic E-state index is 13.2. The predicted molar refractivity (Wildman–Crippen MR) is 134 cm³/mol. The molecule has 1 fully saturated rings. The third-order valence-electron chi connectivity index (χ3n) is 5.02. The van der Waals surface area contributed by atoms with Gasteiger partial charge in [-0.2, -0.15) is 0 Å². The Morgan fingerprint density at radius 2 is 1.94 bits per heavy atom. The normalized spacial score (nSPS) is 15.0. The summed E-state index contributed by atoms with van der Waals surface area (Å²) in [4.78, 5) is 32.8. The van der Waals surface area contributed by atoms with Gasteiger partial charge in [0.15, 0.2) is 0 Å². The highest BCUT2D eigenvalue weighted by Gasteiger charge is 2.32. The van der Waals surface area contributed by atoms with Crippen LogP contribution in [0.15, 0.2) is 58.4 Å². The van der Waals surface area contributed by atoms with Crippen molar-refractivity contribution in [3.63, 3.8) is 0 Å². The summed E-state index contributed by atoms with van der Waals surface area (Å²) in [5.74, 6) is 0.881. The van der Waals surface area contributed by atoms with E-state index in [1.54, 1.807) is 38.6 Å². The zero-order chi connectivity index (χ0) is 23.4. The maximum atomic E-state index is 13.2. The van der Waals surface area contributed by atoms with Crippen molar-refractivity contribution >= 4 is 51.7 Å². The lowest BCUT2D eigenvalue weighted by Gasteiger charge is -2.14. The molecule has 8 nitrogen and oxygen atoms in total. The topological polar surface area (TPSA) is 85.2 Å². The van der Waals surface area contributed by atoms with Crippen LogP contribution in [0.25, 0.3) is 11.7 Å². The number of carbonyl (C=O) groups is 1. The van der Waals surface area contributed by atoms with E-state index in [2.05, 4.69) is 10.3 Å². The Kier molecular flexibility index (Phi) is 7.07. The van der Waals surface area contributed by atoms with Crippen molar-refractivity contribution in [2.75, 3.05) is 32.7 Å². The van der Waals surface area contributed by atoms with Crippen molar-refractivity contribution in [1.82, 2.24) is 14.3 Å². The molecule has 1 saturated heterocycles.